The minimum atomic E-state index is -1.21. The molecule has 0 saturated carbocycles. The van der Waals surface area contributed by atoms with Gasteiger partial charge in [-0.2, -0.15) is 0 Å². The molecule has 0 spiro atoms. The van der Waals surface area contributed by atoms with Gasteiger partial charge < -0.3 is 20.8 Å². The highest BCUT2D eigenvalue weighted by atomic mass is 32.1. The maximum Gasteiger partial charge on any atom is 0.410 e. The van der Waals surface area contributed by atoms with E-state index in [0.717, 1.165) is 39.6 Å². The Balaban J connectivity index is 1.97. The van der Waals surface area contributed by atoms with Crippen LogP contribution in [0.5, 0.6) is 0 Å². The summed E-state index contributed by atoms with van der Waals surface area (Å²) in [5, 5.41) is 31.5. The number of benzene rings is 1. The van der Waals surface area contributed by atoms with Crippen LogP contribution in [0, 0.1) is 0 Å². The number of carboxylic acid groups (broad SMARTS) is 2. The van der Waals surface area contributed by atoms with Crippen LogP contribution in [-0.4, -0.2) is 73.5 Å². The summed E-state index contributed by atoms with van der Waals surface area (Å²) in [6.45, 7) is 12.6. The Hall–Kier alpha value is -3.38. The molecule has 5 N–H and O–H groups in total. The van der Waals surface area contributed by atoms with Gasteiger partial charge in [0, 0.05) is 42.2 Å². The Kier molecular flexibility index (Phi) is 10.5. The van der Waals surface area contributed by atoms with E-state index in [2.05, 4.69) is 20.9 Å². The van der Waals surface area contributed by atoms with Crippen LogP contribution in [0.25, 0.3) is 0 Å². The van der Waals surface area contributed by atoms with Gasteiger partial charge in [-0.25, -0.2) is 14.6 Å². The lowest BCUT2D eigenvalue weighted by Gasteiger charge is -2.48. The molecule has 0 aliphatic carbocycles. The Morgan fingerprint density at radius 1 is 0.921 bits per heavy atom. The minimum absolute atomic E-state index is 0.137. The van der Waals surface area contributed by atoms with Crippen LogP contribution in [0.15, 0.2) is 29.6 Å². The summed E-state index contributed by atoms with van der Waals surface area (Å²) in [6.07, 6.45) is -1.93. The predicted octanol–water partition coefficient (Wildman–Crippen LogP) is 4.73. The average molecular weight is 549 g/mol. The monoisotopic (exact) mass is 548 g/mol. The molecular weight excluding hydrogens is 508 g/mol. The normalized spacial score (nSPS) is 11.8. The molecule has 3 amide bonds. The van der Waals surface area contributed by atoms with Gasteiger partial charge in [-0.15, -0.1) is 11.3 Å². The molecule has 2 aromatic rings. The number of hydrogen-bond donors (Lipinski definition) is 5. The number of thiazole rings is 1. The van der Waals surface area contributed by atoms with Crippen LogP contribution in [0.2, 0.25) is 0 Å². The summed E-state index contributed by atoms with van der Waals surface area (Å²) < 4.78 is 0. The zero-order valence-electron chi connectivity index (χ0n) is 23.2. The van der Waals surface area contributed by atoms with Crippen molar-refractivity contribution in [3.63, 3.8) is 0 Å². The number of carbonyl (C=O) groups excluding carboxylic acids is 1. The molecule has 12 heteroatoms. The third-order valence-electron chi connectivity index (χ3n) is 5.59. The van der Waals surface area contributed by atoms with E-state index in [1.54, 1.807) is 41.5 Å². The molecule has 0 bridgehead atoms. The van der Waals surface area contributed by atoms with E-state index in [9.17, 15) is 24.6 Å². The molecule has 0 saturated heterocycles. The number of nitrogens with one attached hydrogen (secondary N) is 3. The second-order valence-corrected chi connectivity index (χ2v) is 11.8. The van der Waals surface area contributed by atoms with Crippen LogP contribution in [0.1, 0.15) is 59.7 Å². The van der Waals surface area contributed by atoms with Gasteiger partial charge in [0.15, 0.2) is 11.4 Å². The molecule has 1 aromatic carbocycles. The highest BCUT2D eigenvalue weighted by Crippen LogP contribution is 2.24. The van der Waals surface area contributed by atoms with E-state index in [-0.39, 0.29) is 5.91 Å². The maximum atomic E-state index is 12.1. The van der Waals surface area contributed by atoms with Gasteiger partial charge in [0.1, 0.15) is 0 Å². The number of hydrogen-bond acceptors (Lipinski definition) is 7. The van der Waals surface area contributed by atoms with E-state index in [1.165, 1.54) is 18.3 Å². The topological polar surface area (TPSA) is 147 Å². The Morgan fingerprint density at radius 3 is 1.95 bits per heavy atom. The summed E-state index contributed by atoms with van der Waals surface area (Å²) in [5.74, 6) is -0.137. The van der Waals surface area contributed by atoms with Crippen molar-refractivity contribution in [2.24, 2.45) is 0 Å². The molecule has 1 aromatic heterocycles. The highest BCUT2D eigenvalue weighted by Gasteiger charge is 2.42. The summed E-state index contributed by atoms with van der Waals surface area (Å²) in [7, 11) is 0. The molecule has 2 rings (SSSR count). The van der Waals surface area contributed by atoms with Crippen LogP contribution in [-0.2, 0) is 17.6 Å². The molecule has 0 unspecified atom stereocenters. The molecule has 38 heavy (non-hydrogen) atoms. The summed E-state index contributed by atoms with van der Waals surface area (Å²) >= 11 is 1.41. The van der Waals surface area contributed by atoms with Gasteiger partial charge in [-0.05, 0) is 72.1 Å². The summed E-state index contributed by atoms with van der Waals surface area (Å²) in [4.78, 5) is 42.1. The molecule has 210 valence electrons. The third kappa shape index (κ3) is 9.18. The van der Waals surface area contributed by atoms with E-state index >= 15 is 0 Å². The van der Waals surface area contributed by atoms with Gasteiger partial charge in [0.2, 0.25) is 5.91 Å². The van der Waals surface area contributed by atoms with E-state index in [4.69, 9.17) is 0 Å². The van der Waals surface area contributed by atoms with Crippen molar-refractivity contribution in [2.75, 3.05) is 23.7 Å². The first-order valence-electron chi connectivity index (χ1n) is 12.4. The molecular formula is C26H40N6O5S. The molecule has 11 nitrogen and oxygen atoms in total. The summed E-state index contributed by atoms with van der Waals surface area (Å²) in [6, 6.07) is 7.98. The zero-order chi connectivity index (χ0) is 28.7. The fourth-order valence-corrected chi connectivity index (χ4v) is 4.71. The second-order valence-electron chi connectivity index (χ2n) is 10.9. The molecule has 1 heterocycles. The second kappa shape index (κ2) is 12.9. The number of aryl methyl sites for hydroxylation is 2. The Morgan fingerprint density at radius 2 is 1.47 bits per heavy atom. The van der Waals surface area contributed by atoms with E-state index in [0.29, 0.717) is 18.2 Å². The molecule has 0 radical (unpaired) electrons. The van der Waals surface area contributed by atoms with E-state index in [1.807, 2.05) is 29.6 Å². The molecule has 0 fully saturated rings. The maximum absolute atomic E-state index is 12.1. The van der Waals surface area contributed by atoms with Crippen molar-refractivity contribution in [1.82, 2.24) is 20.1 Å². The number of amides is 3. The van der Waals surface area contributed by atoms with Crippen molar-refractivity contribution in [1.29, 1.82) is 0 Å². The zero-order valence-corrected chi connectivity index (χ0v) is 24.0. The van der Waals surface area contributed by atoms with Gasteiger partial charge in [-0.1, -0.05) is 12.1 Å². The average Bonchev–Trinajstić information content (AvgIpc) is 3.20. The lowest BCUT2D eigenvalue weighted by atomic mass is 10.0. The first-order chi connectivity index (χ1) is 17.6. The fourth-order valence-electron chi connectivity index (χ4n) is 3.91. The number of nitrogens with zero attached hydrogens (tertiary/aromatic N) is 3. The lowest BCUT2D eigenvalue weighted by molar-refractivity contribution is -0.114. The smallest absolute Gasteiger partial charge is 0.410 e. The summed E-state index contributed by atoms with van der Waals surface area (Å²) in [5.41, 5.74) is 1.29. The number of aromatic nitrogens is 1. The highest BCUT2D eigenvalue weighted by molar-refractivity contribution is 7.13. The first-order valence-corrected chi connectivity index (χ1v) is 13.3. The first kappa shape index (κ1) is 30.8. The number of anilines is 2. The van der Waals surface area contributed by atoms with Gasteiger partial charge in [-0.3, -0.25) is 19.9 Å². The Bertz CT molecular complexity index is 1060. The van der Waals surface area contributed by atoms with Gasteiger partial charge in [0.25, 0.3) is 0 Å². The number of carbonyl (C=O) groups is 3. The minimum Gasteiger partial charge on any atom is -0.465 e. The number of rotatable bonds is 11. The molecule has 0 aliphatic rings. The van der Waals surface area contributed by atoms with Crippen LogP contribution >= 0.6 is 11.3 Å². The third-order valence-corrected chi connectivity index (χ3v) is 6.39. The van der Waals surface area contributed by atoms with Crippen LogP contribution in [0.4, 0.5) is 20.4 Å². The fraction of sp³-hybridized carbons (Fsp3) is 0.538. The van der Waals surface area contributed by atoms with E-state index < -0.39 is 29.6 Å². The van der Waals surface area contributed by atoms with Crippen molar-refractivity contribution >= 4 is 40.2 Å². The van der Waals surface area contributed by atoms with Crippen molar-refractivity contribution < 1.29 is 24.6 Å². The molecule has 0 aliphatic heterocycles. The van der Waals surface area contributed by atoms with Gasteiger partial charge in [0.05, 0.1) is 5.69 Å². The largest absolute Gasteiger partial charge is 0.465 e. The molecule has 0 atom stereocenters. The van der Waals surface area contributed by atoms with Crippen molar-refractivity contribution in [2.45, 2.75) is 78.7 Å². The van der Waals surface area contributed by atoms with Crippen LogP contribution in [0.3, 0.4) is 0 Å². The van der Waals surface area contributed by atoms with Gasteiger partial charge >= 0.3 is 12.2 Å². The lowest BCUT2D eigenvalue weighted by Crippen LogP contribution is -2.68. The standard InChI is InChI=1S/C26H40N6O5S/c1-17(33)29-21-30-20(16-38-21)13-10-18-8-11-19(12-9-18)27-14-15-28-22(31(23(34)35)25(2,3)4)32(24(36)37)26(5,6)7/h8-9,11-12,16,22,27-28H,10,13-15H2,1-7H3,(H,34,35)(H,36,37)(H,29,30,33). The quantitative estimate of drug-likeness (QED) is 0.200. The Labute approximate surface area is 228 Å². The predicted molar refractivity (Wildman–Crippen MR) is 150 cm³/mol. The SMILES string of the molecule is CC(=O)Nc1nc(CCc2ccc(NCCNC(N(C(=O)O)C(C)(C)C)N(C(=O)O)C(C)(C)C)cc2)cs1. The van der Waals surface area contributed by atoms with Crippen LogP contribution < -0.4 is 16.0 Å². The van der Waals surface area contributed by atoms with Crippen molar-refractivity contribution in [3.8, 4) is 0 Å². The van der Waals surface area contributed by atoms with Crippen molar-refractivity contribution in [3.05, 3.63) is 40.9 Å².